The van der Waals surface area contributed by atoms with Gasteiger partial charge >= 0.3 is 0 Å². The molecule has 0 aliphatic carbocycles. The SMILES string of the molecule is Nc1cc(Cl)c(S(=O)(=O)N2CCCNC(=O)C2)c(Cl)c1. The summed E-state index contributed by atoms with van der Waals surface area (Å²) < 4.78 is 26.2. The molecule has 1 saturated heterocycles. The highest BCUT2D eigenvalue weighted by atomic mass is 35.5. The lowest BCUT2D eigenvalue weighted by atomic mass is 10.3. The molecule has 0 bridgehead atoms. The summed E-state index contributed by atoms with van der Waals surface area (Å²) in [6.07, 6.45) is 0.523. The number of sulfonamides is 1. The molecule has 6 nitrogen and oxygen atoms in total. The number of hydrogen-bond acceptors (Lipinski definition) is 4. The molecule has 1 aliphatic rings. The standard InChI is InChI=1S/C11H13Cl2N3O3S/c12-8-4-7(14)5-9(13)11(8)20(18,19)16-3-1-2-15-10(17)6-16/h4-5H,1-3,6,14H2,(H,15,17). The van der Waals surface area contributed by atoms with Gasteiger partial charge in [0.05, 0.1) is 16.6 Å². The first kappa shape index (κ1) is 15.4. The van der Waals surface area contributed by atoms with Crippen molar-refractivity contribution in [3.05, 3.63) is 22.2 Å². The van der Waals surface area contributed by atoms with E-state index in [-0.39, 0.29) is 39.6 Å². The Bertz CT molecular complexity index is 625. The number of nitrogens with one attached hydrogen (secondary N) is 1. The van der Waals surface area contributed by atoms with Gasteiger partial charge in [0.1, 0.15) is 4.90 Å². The first-order valence-electron chi connectivity index (χ1n) is 5.84. The summed E-state index contributed by atoms with van der Waals surface area (Å²) in [7, 11) is -3.94. The number of halogens is 2. The van der Waals surface area contributed by atoms with Crippen molar-refractivity contribution in [3.63, 3.8) is 0 Å². The predicted molar refractivity (Wildman–Crippen MR) is 77.3 cm³/mol. The number of nitrogen functional groups attached to an aromatic ring is 1. The maximum atomic E-state index is 12.6. The fourth-order valence-electron chi connectivity index (χ4n) is 1.94. The molecule has 1 heterocycles. The van der Waals surface area contributed by atoms with Gasteiger partial charge in [-0.2, -0.15) is 4.31 Å². The van der Waals surface area contributed by atoms with E-state index in [9.17, 15) is 13.2 Å². The van der Waals surface area contributed by atoms with Crippen LogP contribution in [0, 0.1) is 0 Å². The summed E-state index contributed by atoms with van der Waals surface area (Å²) in [5.74, 6) is -0.353. The molecule has 3 N–H and O–H groups in total. The second-order valence-electron chi connectivity index (χ2n) is 4.36. The van der Waals surface area contributed by atoms with Crippen LogP contribution in [0.25, 0.3) is 0 Å². The Morgan fingerprint density at radius 2 is 1.85 bits per heavy atom. The van der Waals surface area contributed by atoms with E-state index >= 15 is 0 Å². The summed E-state index contributed by atoms with van der Waals surface area (Å²) in [5.41, 5.74) is 5.83. The normalized spacial score (nSPS) is 17.6. The Labute approximate surface area is 126 Å². The number of carbonyl (C=O) groups excluding carboxylic acids is 1. The zero-order valence-electron chi connectivity index (χ0n) is 10.4. The van der Waals surface area contributed by atoms with Crippen LogP contribution in [-0.2, 0) is 14.8 Å². The second-order valence-corrected chi connectivity index (χ2v) is 7.04. The molecule has 1 aromatic rings. The Morgan fingerprint density at radius 3 is 2.45 bits per heavy atom. The van der Waals surface area contributed by atoms with Gasteiger partial charge in [-0.05, 0) is 18.6 Å². The van der Waals surface area contributed by atoms with Crippen LogP contribution in [0.3, 0.4) is 0 Å². The number of rotatable bonds is 2. The minimum Gasteiger partial charge on any atom is -0.399 e. The third-order valence-corrected chi connectivity index (χ3v) is 5.61. The largest absolute Gasteiger partial charge is 0.399 e. The lowest BCUT2D eigenvalue weighted by Crippen LogP contribution is -2.37. The molecular formula is C11H13Cl2N3O3S. The Hall–Kier alpha value is -1.02. The Morgan fingerprint density at radius 1 is 1.25 bits per heavy atom. The molecule has 0 radical (unpaired) electrons. The van der Waals surface area contributed by atoms with Crippen molar-refractivity contribution in [2.45, 2.75) is 11.3 Å². The molecule has 1 fully saturated rings. The third kappa shape index (κ3) is 3.01. The molecule has 0 atom stereocenters. The van der Waals surface area contributed by atoms with Gasteiger partial charge < -0.3 is 11.1 Å². The number of anilines is 1. The summed E-state index contributed by atoms with van der Waals surface area (Å²) in [4.78, 5) is 11.3. The van der Waals surface area contributed by atoms with Crippen molar-refractivity contribution < 1.29 is 13.2 Å². The van der Waals surface area contributed by atoms with E-state index in [1.165, 1.54) is 12.1 Å². The van der Waals surface area contributed by atoms with Crippen LogP contribution in [0.5, 0.6) is 0 Å². The lowest BCUT2D eigenvalue weighted by Gasteiger charge is -2.20. The molecule has 110 valence electrons. The molecule has 1 amide bonds. The van der Waals surface area contributed by atoms with Crippen LogP contribution >= 0.6 is 23.2 Å². The molecule has 0 unspecified atom stereocenters. The second kappa shape index (κ2) is 5.77. The van der Waals surface area contributed by atoms with Crippen LogP contribution in [-0.4, -0.2) is 38.3 Å². The average molecular weight is 338 g/mol. The fourth-order valence-corrected chi connectivity index (χ4v) is 4.55. The van der Waals surface area contributed by atoms with Crippen LogP contribution < -0.4 is 11.1 Å². The predicted octanol–water partition coefficient (Wildman–Crippen LogP) is 1.09. The van der Waals surface area contributed by atoms with Crippen molar-refractivity contribution in [1.29, 1.82) is 0 Å². The highest BCUT2D eigenvalue weighted by molar-refractivity contribution is 7.89. The van der Waals surface area contributed by atoms with Gasteiger partial charge in [0, 0.05) is 18.8 Å². The van der Waals surface area contributed by atoms with Crippen LogP contribution in [0.2, 0.25) is 10.0 Å². The summed E-state index contributed by atoms with van der Waals surface area (Å²) >= 11 is 11.9. The van der Waals surface area contributed by atoms with Gasteiger partial charge in [0.15, 0.2) is 0 Å². The van der Waals surface area contributed by atoms with Gasteiger partial charge in [0.2, 0.25) is 15.9 Å². The third-order valence-electron chi connectivity index (χ3n) is 2.84. The Kier molecular flexibility index (Phi) is 4.43. The number of benzene rings is 1. The molecule has 1 aromatic carbocycles. The highest BCUT2D eigenvalue weighted by Crippen LogP contribution is 2.34. The van der Waals surface area contributed by atoms with Crippen molar-refractivity contribution in [2.75, 3.05) is 25.4 Å². The van der Waals surface area contributed by atoms with Crippen molar-refractivity contribution in [3.8, 4) is 0 Å². The van der Waals surface area contributed by atoms with E-state index in [1.54, 1.807) is 0 Å². The number of hydrogen-bond donors (Lipinski definition) is 2. The van der Waals surface area contributed by atoms with Gasteiger partial charge in [0.25, 0.3) is 0 Å². The molecule has 0 aromatic heterocycles. The molecule has 2 rings (SSSR count). The van der Waals surface area contributed by atoms with Crippen molar-refractivity contribution in [1.82, 2.24) is 9.62 Å². The molecule has 0 spiro atoms. The smallest absolute Gasteiger partial charge is 0.246 e. The first-order valence-corrected chi connectivity index (χ1v) is 8.03. The zero-order valence-corrected chi connectivity index (χ0v) is 12.7. The number of carbonyl (C=O) groups is 1. The highest BCUT2D eigenvalue weighted by Gasteiger charge is 2.31. The lowest BCUT2D eigenvalue weighted by molar-refractivity contribution is -0.120. The fraction of sp³-hybridized carbons (Fsp3) is 0.364. The van der Waals surface area contributed by atoms with Gasteiger partial charge in [-0.1, -0.05) is 23.2 Å². The van der Waals surface area contributed by atoms with Crippen molar-refractivity contribution in [2.24, 2.45) is 0 Å². The van der Waals surface area contributed by atoms with Gasteiger partial charge in [-0.25, -0.2) is 8.42 Å². The van der Waals surface area contributed by atoms with E-state index in [0.29, 0.717) is 13.0 Å². The van der Waals surface area contributed by atoms with E-state index in [2.05, 4.69) is 5.32 Å². The van der Waals surface area contributed by atoms with Crippen molar-refractivity contribution >= 4 is 44.8 Å². The van der Waals surface area contributed by atoms with Gasteiger partial charge in [-0.15, -0.1) is 0 Å². The maximum absolute atomic E-state index is 12.6. The summed E-state index contributed by atoms with van der Waals surface area (Å²) in [6.45, 7) is 0.408. The summed E-state index contributed by atoms with van der Waals surface area (Å²) in [6, 6.07) is 2.64. The first-order chi connectivity index (χ1) is 9.32. The molecule has 0 saturated carbocycles. The monoisotopic (exact) mass is 337 g/mol. The number of amides is 1. The topological polar surface area (TPSA) is 92.5 Å². The van der Waals surface area contributed by atoms with Crippen LogP contribution in [0.1, 0.15) is 6.42 Å². The molecule has 20 heavy (non-hydrogen) atoms. The Balaban J connectivity index is 2.47. The quantitative estimate of drug-likeness (QED) is 0.790. The minimum atomic E-state index is -3.94. The average Bonchev–Trinajstić information content (AvgIpc) is 2.52. The maximum Gasteiger partial charge on any atom is 0.246 e. The van der Waals surface area contributed by atoms with E-state index in [1.807, 2.05) is 0 Å². The van der Waals surface area contributed by atoms with Crippen LogP contribution in [0.15, 0.2) is 17.0 Å². The van der Waals surface area contributed by atoms with Crippen LogP contribution in [0.4, 0.5) is 5.69 Å². The number of nitrogens with two attached hydrogens (primary N) is 1. The van der Waals surface area contributed by atoms with E-state index < -0.39 is 10.0 Å². The molecular weight excluding hydrogens is 325 g/mol. The van der Waals surface area contributed by atoms with Gasteiger partial charge in [-0.3, -0.25) is 4.79 Å². The van der Waals surface area contributed by atoms with E-state index in [4.69, 9.17) is 28.9 Å². The summed E-state index contributed by atoms with van der Waals surface area (Å²) in [5, 5.41) is 2.49. The molecule has 1 aliphatic heterocycles. The molecule has 9 heteroatoms. The number of nitrogens with zero attached hydrogens (tertiary/aromatic N) is 1. The minimum absolute atomic E-state index is 0.0559. The van der Waals surface area contributed by atoms with E-state index in [0.717, 1.165) is 4.31 Å². The zero-order chi connectivity index (χ0) is 14.9.